The van der Waals surface area contributed by atoms with E-state index in [1.165, 1.54) is 0 Å². The van der Waals surface area contributed by atoms with Gasteiger partial charge in [-0.1, -0.05) is 13.8 Å². The van der Waals surface area contributed by atoms with Crippen LogP contribution in [0.5, 0.6) is 0 Å². The lowest BCUT2D eigenvalue weighted by molar-refractivity contribution is 0.130. The van der Waals surface area contributed by atoms with Crippen molar-refractivity contribution < 1.29 is 13.9 Å². The van der Waals surface area contributed by atoms with Gasteiger partial charge in [0.1, 0.15) is 11.6 Å². The van der Waals surface area contributed by atoms with Crippen molar-refractivity contribution in [2.75, 3.05) is 6.61 Å². The Bertz CT molecular complexity index is 352. The van der Waals surface area contributed by atoms with Crippen molar-refractivity contribution in [1.29, 1.82) is 0 Å². The van der Waals surface area contributed by atoms with Gasteiger partial charge in [0, 0.05) is 23.6 Å². The highest BCUT2D eigenvalue weighted by atomic mass is 19.1. The fourth-order valence-corrected chi connectivity index (χ4v) is 1.27. The molecule has 0 aliphatic rings. The van der Waals surface area contributed by atoms with Gasteiger partial charge in [0.05, 0.1) is 0 Å². The first-order valence-corrected chi connectivity index (χ1v) is 4.70. The summed E-state index contributed by atoms with van der Waals surface area (Å²) >= 11 is 0. The summed E-state index contributed by atoms with van der Waals surface area (Å²) in [5, 5.41) is 9.09. The Hall–Kier alpha value is -1.00. The quantitative estimate of drug-likeness (QED) is 0.809. The van der Waals surface area contributed by atoms with Gasteiger partial charge in [-0.2, -0.15) is 0 Å². The van der Waals surface area contributed by atoms with Crippen LogP contribution < -0.4 is 5.73 Å². The molecule has 1 aromatic rings. The van der Waals surface area contributed by atoms with Crippen LogP contribution in [0.1, 0.15) is 25.5 Å². The van der Waals surface area contributed by atoms with Gasteiger partial charge in [0.25, 0.3) is 0 Å². The number of hydrogen-bond acceptors (Lipinski definition) is 2. The Morgan fingerprint density at radius 2 is 2.00 bits per heavy atom. The van der Waals surface area contributed by atoms with Crippen LogP contribution in [0.15, 0.2) is 18.2 Å². The number of nitrogens with two attached hydrogens (primary N) is 1. The minimum Gasteiger partial charge on any atom is -0.396 e. The smallest absolute Gasteiger partial charge is 0.128 e. The maximum absolute atomic E-state index is 13.4. The molecule has 15 heavy (non-hydrogen) atoms. The fraction of sp³-hybridized carbons (Fsp3) is 0.455. The lowest BCUT2D eigenvalue weighted by Crippen LogP contribution is -2.33. The first-order chi connectivity index (χ1) is 6.88. The summed E-state index contributed by atoms with van der Waals surface area (Å²) in [6.45, 7) is 3.20. The Kier molecular flexibility index (Phi) is 3.42. The maximum Gasteiger partial charge on any atom is 0.128 e. The van der Waals surface area contributed by atoms with Crippen LogP contribution in [-0.4, -0.2) is 11.7 Å². The van der Waals surface area contributed by atoms with E-state index in [0.717, 1.165) is 18.2 Å². The number of halogens is 2. The molecule has 1 rings (SSSR count). The molecule has 0 aromatic heterocycles. The highest BCUT2D eigenvalue weighted by molar-refractivity contribution is 5.23. The largest absolute Gasteiger partial charge is 0.396 e. The average Bonchev–Trinajstić information content (AvgIpc) is 2.20. The third-order valence-electron chi connectivity index (χ3n) is 2.54. The van der Waals surface area contributed by atoms with E-state index in [9.17, 15) is 8.78 Å². The summed E-state index contributed by atoms with van der Waals surface area (Å²) in [5.41, 5.74) is 5.19. The zero-order valence-electron chi connectivity index (χ0n) is 8.80. The third kappa shape index (κ3) is 2.52. The molecular weight excluding hydrogens is 200 g/mol. The molecule has 4 heteroatoms. The van der Waals surface area contributed by atoms with Crippen LogP contribution in [0.3, 0.4) is 0 Å². The van der Waals surface area contributed by atoms with E-state index in [1.807, 2.05) is 0 Å². The monoisotopic (exact) mass is 215 g/mol. The number of aliphatic hydroxyl groups excluding tert-OH is 1. The zero-order valence-corrected chi connectivity index (χ0v) is 8.80. The lowest BCUT2D eigenvalue weighted by atomic mass is 9.81. The van der Waals surface area contributed by atoms with Crippen molar-refractivity contribution in [3.05, 3.63) is 35.4 Å². The van der Waals surface area contributed by atoms with E-state index in [4.69, 9.17) is 10.8 Å². The summed E-state index contributed by atoms with van der Waals surface area (Å²) in [5.74, 6) is -1.08. The summed E-state index contributed by atoms with van der Waals surface area (Å²) in [6.07, 6.45) is 0. The fourth-order valence-electron chi connectivity index (χ4n) is 1.27. The van der Waals surface area contributed by atoms with Crippen molar-refractivity contribution in [3.63, 3.8) is 0 Å². The molecule has 0 unspecified atom stereocenters. The van der Waals surface area contributed by atoms with Gasteiger partial charge >= 0.3 is 0 Å². The summed E-state index contributed by atoms with van der Waals surface area (Å²) in [6, 6.07) is 2.41. The molecule has 0 fully saturated rings. The van der Waals surface area contributed by atoms with Crippen LogP contribution in [-0.2, 0) is 0 Å². The van der Waals surface area contributed by atoms with Gasteiger partial charge in [0.2, 0.25) is 0 Å². The first kappa shape index (κ1) is 12.1. The molecule has 0 radical (unpaired) electrons. The van der Waals surface area contributed by atoms with E-state index in [1.54, 1.807) is 13.8 Å². The molecule has 84 valence electrons. The van der Waals surface area contributed by atoms with Crippen LogP contribution in [0, 0.1) is 17.0 Å². The average molecular weight is 215 g/mol. The standard InChI is InChI=1S/C11H15F2NO/c1-11(2,6-15)10(14)8-5-7(12)3-4-9(8)13/h3-5,10,15H,6,14H2,1-2H3/t10-/m0/s1. The summed E-state index contributed by atoms with van der Waals surface area (Å²) < 4.78 is 26.3. The van der Waals surface area contributed by atoms with Crippen molar-refractivity contribution >= 4 is 0 Å². The van der Waals surface area contributed by atoms with E-state index in [2.05, 4.69) is 0 Å². The molecule has 0 saturated heterocycles. The molecule has 3 N–H and O–H groups in total. The van der Waals surface area contributed by atoms with Gasteiger partial charge < -0.3 is 10.8 Å². The van der Waals surface area contributed by atoms with E-state index in [0.29, 0.717) is 0 Å². The Balaban J connectivity index is 3.10. The minimum absolute atomic E-state index is 0.0917. The van der Waals surface area contributed by atoms with E-state index < -0.39 is 23.1 Å². The number of aliphatic hydroxyl groups is 1. The van der Waals surface area contributed by atoms with Crippen molar-refractivity contribution in [2.24, 2.45) is 11.1 Å². The molecule has 0 bridgehead atoms. The molecule has 0 spiro atoms. The molecule has 0 heterocycles. The second kappa shape index (κ2) is 4.24. The Morgan fingerprint density at radius 3 is 2.53 bits per heavy atom. The maximum atomic E-state index is 13.4. The highest BCUT2D eigenvalue weighted by Gasteiger charge is 2.29. The van der Waals surface area contributed by atoms with Gasteiger partial charge in [-0.25, -0.2) is 8.78 Å². The molecule has 1 atom stereocenters. The van der Waals surface area contributed by atoms with Crippen molar-refractivity contribution in [3.8, 4) is 0 Å². The van der Waals surface area contributed by atoms with Crippen LogP contribution >= 0.6 is 0 Å². The molecule has 0 saturated carbocycles. The van der Waals surface area contributed by atoms with Crippen LogP contribution in [0.4, 0.5) is 8.78 Å². The minimum atomic E-state index is -0.738. The van der Waals surface area contributed by atoms with Gasteiger partial charge in [-0.15, -0.1) is 0 Å². The van der Waals surface area contributed by atoms with E-state index in [-0.39, 0.29) is 12.2 Å². The molecule has 0 aliphatic carbocycles. The zero-order chi connectivity index (χ0) is 11.6. The van der Waals surface area contributed by atoms with E-state index >= 15 is 0 Å². The van der Waals surface area contributed by atoms with Gasteiger partial charge in [-0.05, 0) is 18.2 Å². The molecule has 0 aliphatic heterocycles. The predicted molar refractivity (Wildman–Crippen MR) is 54.2 cm³/mol. The lowest BCUT2D eigenvalue weighted by Gasteiger charge is -2.29. The summed E-state index contributed by atoms with van der Waals surface area (Å²) in [7, 11) is 0. The molecular formula is C11H15F2NO. The highest BCUT2D eigenvalue weighted by Crippen LogP contribution is 2.32. The van der Waals surface area contributed by atoms with Crippen LogP contribution in [0.2, 0.25) is 0 Å². The third-order valence-corrected chi connectivity index (χ3v) is 2.54. The summed E-state index contributed by atoms with van der Waals surface area (Å²) in [4.78, 5) is 0. The molecule has 1 aromatic carbocycles. The van der Waals surface area contributed by atoms with Crippen molar-refractivity contribution in [1.82, 2.24) is 0 Å². The Labute approximate surface area is 87.7 Å². The Morgan fingerprint density at radius 1 is 1.40 bits per heavy atom. The molecule has 0 amide bonds. The van der Waals surface area contributed by atoms with Gasteiger partial charge in [0.15, 0.2) is 0 Å². The number of rotatable bonds is 3. The number of hydrogen-bond donors (Lipinski definition) is 2. The topological polar surface area (TPSA) is 46.2 Å². The first-order valence-electron chi connectivity index (χ1n) is 4.70. The normalized spacial score (nSPS) is 14.0. The van der Waals surface area contributed by atoms with Gasteiger partial charge in [-0.3, -0.25) is 0 Å². The predicted octanol–water partition coefficient (Wildman–Crippen LogP) is 1.98. The van der Waals surface area contributed by atoms with Crippen LogP contribution in [0.25, 0.3) is 0 Å². The molecule has 2 nitrogen and oxygen atoms in total. The van der Waals surface area contributed by atoms with Crippen molar-refractivity contribution in [2.45, 2.75) is 19.9 Å². The SMILES string of the molecule is CC(C)(CO)[C@@H](N)c1cc(F)ccc1F. The second-order valence-corrected chi connectivity index (χ2v) is 4.29. The number of benzene rings is 1. The second-order valence-electron chi connectivity index (χ2n) is 4.29.